The predicted molar refractivity (Wildman–Crippen MR) is 66.4 cm³/mol. The van der Waals surface area contributed by atoms with E-state index in [1.165, 1.54) is 6.92 Å². The minimum absolute atomic E-state index is 0.0344. The molecule has 0 aromatic heterocycles. The molecule has 0 aliphatic heterocycles. The molecule has 0 aliphatic rings. The van der Waals surface area contributed by atoms with Gasteiger partial charge in [-0.15, -0.1) is 0 Å². The second kappa shape index (κ2) is 8.06. The number of hydrogen-bond donors (Lipinski definition) is 3. The van der Waals surface area contributed by atoms with Gasteiger partial charge < -0.3 is 15.7 Å². The summed E-state index contributed by atoms with van der Waals surface area (Å²) in [5.41, 5.74) is -0.683. The fourth-order valence-electron chi connectivity index (χ4n) is 1.27. The molecule has 1 atom stereocenters. The van der Waals surface area contributed by atoms with Crippen LogP contribution in [0.3, 0.4) is 0 Å². The highest BCUT2D eigenvalue weighted by Crippen LogP contribution is 2.19. The minimum Gasteiger partial charge on any atom is -0.395 e. The first-order chi connectivity index (χ1) is 7.96. The summed E-state index contributed by atoms with van der Waals surface area (Å²) in [6, 6.07) is 0. The fraction of sp³-hybridized carbons (Fsp3) is 0.833. The van der Waals surface area contributed by atoms with E-state index in [9.17, 15) is 9.59 Å². The van der Waals surface area contributed by atoms with Gasteiger partial charge in [0.1, 0.15) is 0 Å². The maximum Gasteiger partial charge on any atom is 0.228 e. The Balaban J connectivity index is 3.68. The molecular weight excluding hydrogens is 220 g/mol. The van der Waals surface area contributed by atoms with Crippen LogP contribution in [-0.2, 0) is 9.59 Å². The number of aliphatic hydroxyl groups excluding tert-OH is 1. The smallest absolute Gasteiger partial charge is 0.228 e. The highest BCUT2D eigenvalue weighted by atomic mass is 16.3. The molecule has 0 spiro atoms. The first-order valence-corrected chi connectivity index (χ1v) is 6.10. The van der Waals surface area contributed by atoms with Crippen molar-refractivity contribution in [2.75, 3.05) is 19.7 Å². The Labute approximate surface area is 103 Å². The molecule has 0 rings (SSSR count). The summed E-state index contributed by atoms with van der Waals surface area (Å²) < 4.78 is 0. The topological polar surface area (TPSA) is 78.4 Å². The van der Waals surface area contributed by atoms with Gasteiger partial charge >= 0.3 is 0 Å². The number of carbonyl (C=O) groups is 2. The van der Waals surface area contributed by atoms with E-state index in [1.54, 1.807) is 6.92 Å². The van der Waals surface area contributed by atoms with E-state index in [0.29, 0.717) is 19.5 Å². The average Bonchev–Trinajstić information content (AvgIpc) is 2.31. The quantitative estimate of drug-likeness (QED) is 0.542. The normalized spacial score (nSPS) is 13.9. The zero-order chi connectivity index (χ0) is 13.3. The molecule has 0 aromatic carbocycles. The third kappa shape index (κ3) is 6.26. The van der Waals surface area contributed by atoms with Gasteiger partial charge in [-0.2, -0.15) is 0 Å². The summed E-state index contributed by atoms with van der Waals surface area (Å²) in [4.78, 5) is 22.3. The van der Waals surface area contributed by atoms with Crippen molar-refractivity contribution in [3.63, 3.8) is 0 Å². The van der Waals surface area contributed by atoms with Crippen LogP contribution in [0.1, 0.15) is 40.0 Å². The van der Waals surface area contributed by atoms with Gasteiger partial charge in [0.05, 0.1) is 12.0 Å². The largest absolute Gasteiger partial charge is 0.395 e. The molecular formula is C12H24N2O3. The van der Waals surface area contributed by atoms with Gasteiger partial charge in [-0.25, -0.2) is 0 Å². The summed E-state index contributed by atoms with van der Waals surface area (Å²) in [6.07, 6.45) is 2.26. The molecule has 0 aliphatic carbocycles. The molecule has 0 fully saturated rings. The van der Waals surface area contributed by atoms with Crippen LogP contribution in [-0.4, -0.2) is 36.6 Å². The van der Waals surface area contributed by atoms with E-state index in [-0.39, 0.29) is 18.4 Å². The lowest BCUT2D eigenvalue weighted by Gasteiger charge is -2.24. The van der Waals surface area contributed by atoms with Crippen molar-refractivity contribution < 1.29 is 14.7 Å². The van der Waals surface area contributed by atoms with Gasteiger partial charge in [-0.3, -0.25) is 9.59 Å². The lowest BCUT2D eigenvalue weighted by atomic mass is 9.87. The molecule has 100 valence electrons. The Morgan fingerprint density at radius 3 is 2.12 bits per heavy atom. The van der Waals surface area contributed by atoms with Gasteiger partial charge in [0.15, 0.2) is 0 Å². The van der Waals surface area contributed by atoms with Crippen molar-refractivity contribution in [1.82, 2.24) is 10.6 Å². The van der Waals surface area contributed by atoms with Gasteiger partial charge in [-0.05, 0) is 26.2 Å². The molecule has 3 N–H and O–H groups in total. The van der Waals surface area contributed by atoms with Crippen LogP contribution in [0.25, 0.3) is 0 Å². The predicted octanol–water partition coefficient (Wildman–Crippen LogP) is 0.427. The van der Waals surface area contributed by atoms with Crippen LogP contribution in [0, 0.1) is 5.41 Å². The maximum absolute atomic E-state index is 11.7. The molecule has 17 heavy (non-hydrogen) atoms. The summed E-state index contributed by atoms with van der Waals surface area (Å²) >= 11 is 0. The molecule has 5 heteroatoms. The molecule has 0 aromatic rings. The second-order valence-electron chi connectivity index (χ2n) is 4.52. The van der Waals surface area contributed by atoms with Crippen LogP contribution in [0.5, 0.6) is 0 Å². The molecule has 1 unspecified atom stereocenters. The number of aliphatic hydroxyl groups is 1. The number of nitrogens with one attached hydrogen (secondary N) is 2. The van der Waals surface area contributed by atoms with Crippen molar-refractivity contribution in [2.24, 2.45) is 5.41 Å². The standard InChI is InChI=1S/C12H24N2O3/c1-4-12(3,9-15)11(17)14-8-6-5-7-13-10(2)16/h15H,4-9H2,1-3H3,(H,13,16)(H,14,17). The molecule has 0 bridgehead atoms. The first-order valence-electron chi connectivity index (χ1n) is 6.10. The molecule has 0 saturated carbocycles. The Bertz CT molecular complexity index is 250. The van der Waals surface area contributed by atoms with Gasteiger partial charge in [0.25, 0.3) is 0 Å². The number of rotatable bonds is 8. The van der Waals surface area contributed by atoms with Crippen molar-refractivity contribution in [3.8, 4) is 0 Å². The average molecular weight is 244 g/mol. The molecule has 5 nitrogen and oxygen atoms in total. The zero-order valence-corrected chi connectivity index (χ0v) is 11.0. The Kier molecular flexibility index (Phi) is 7.54. The first kappa shape index (κ1) is 15.9. The molecule has 0 heterocycles. The van der Waals surface area contributed by atoms with Crippen LogP contribution < -0.4 is 10.6 Å². The van der Waals surface area contributed by atoms with Crippen LogP contribution in [0.4, 0.5) is 0 Å². The summed E-state index contributed by atoms with van der Waals surface area (Å²) in [5.74, 6) is -0.144. The van der Waals surface area contributed by atoms with Crippen LogP contribution in [0.2, 0.25) is 0 Å². The fourth-order valence-corrected chi connectivity index (χ4v) is 1.27. The van der Waals surface area contributed by atoms with E-state index in [0.717, 1.165) is 12.8 Å². The van der Waals surface area contributed by atoms with Crippen molar-refractivity contribution in [2.45, 2.75) is 40.0 Å². The second-order valence-corrected chi connectivity index (χ2v) is 4.52. The number of hydrogen-bond acceptors (Lipinski definition) is 3. The summed E-state index contributed by atoms with van der Waals surface area (Å²) in [7, 11) is 0. The number of unbranched alkanes of at least 4 members (excludes halogenated alkanes) is 1. The van der Waals surface area contributed by atoms with E-state index in [4.69, 9.17) is 5.11 Å². The monoisotopic (exact) mass is 244 g/mol. The molecule has 2 amide bonds. The van der Waals surface area contributed by atoms with E-state index >= 15 is 0 Å². The third-order valence-electron chi connectivity index (χ3n) is 2.94. The number of carbonyl (C=O) groups excluding carboxylic acids is 2. The van der Waals surface area contributed by atoms with Gasteiger partial charge in [-0.1, -0.05) is 6.92 Å². The van der Waals surface area contributed by atoms with Gasteiger partial charge in [0.2, 0.25) is 11.8 Å². The lowest BCUT2D eigenvalue weighted by Crippen LogP contribution is -2.41. The maximum atomic E-state index is 11.7. The van der Waals surface area contributed by atoms with Crippen molar-refractivity contribution in [1.29, 1.82) is 0 Å². The van der Waals surface area contributed by atoms with E-state index < -0.39 is 5.41 Å². The zero-order valence-electron chi connectivity index (χ0n) is 11.0. The van der Waals surface area contributed by atoms with Crippen LogP contribution >= 0.6 is 0 Å². The minimum atomic E-state index is -0.683. The SMILES string of the molecule is CCC(C)(CO)C(=O)NCCCCNC(C)=O. The highest BCUT2D eigenvalue weighted by Gasteiger charge is 2.29. The summed E-state index contributed by atoms with van der Waals surface area (Å²) in [6.45, 7) is 6.19. The molecule has 0 radical (unpaired) electrons. The number of amides is 2. The molecule has 0 saturated heterocycles. The Hall–Kier alpha value is -1.10. The van der Waals surface area contributed by atoms with Gasteiger partial charge in [0, 0.05) is 20.0 Å². The Morgan fingerprint density at radius 1 is 1.18 bits per heavy atom. The van der Waals surface area contributed by atoms with E-state index in [2.05, 4.69) is 10.6 Å². The summed E-state index contributed by atoms with van der Waals surface area (Å²) in [5, 5.41) is 14.6. The highest BCUT2D eigenvalue weighted by molar-refractivity contribution is 5.82. The third-order valence-corrected chi connectivity index (χ3v) is 2.94. The Morgan fingerprint density at radius 2 is 1.71 bits per heavy atom. The van der Waals surface area contributed by atoms with Crippen molar-refractivity contribution >= 4 is 11.8 Å². The van der Waals surface area contributed by atoms with Crippen molar-refractivity contribution in [3.05, 3.63) is 0 Å². The van der Waals surface area contributed by atoms with Crippen LogP contribution in [0.15, 0.2) is 0 Å². The van der Waals surface area contributed by atoms with E-state index in [1.807, 2.05) is 6.92 Å². The lowest BCUT2D eigenvalue weighted by molar-refractivity contribution is -0.132.